The summed E-state index contributed by atoms with van der Waals surface area (Å²) in [7, 11) is -2.17. The van der Waals surface area contributed by atoms with Crippen molar-refractivity contribution in [1.29, 1.82) is 0 Å². The first-order valence-corrected chi connectivity index (χ1v) is 23.6. The quantitative estimate of drug-likeness (QED) is 0.126. The summed E-state index contributed by atoms with van der Waals surface area (Å²) < 4.78 is 60.6. The number of pyridine rings is 1. The summed E-state index contributed by atoms with van der Waals surface area (Å²) >= 11 is 0. The minimum Gasteiger partial charge on any atom is -0.454 e. The van der Waals surface area contributed by atoms with Crippen LogP contribution in [0.15, 0.2) is 138 Å². The van der Waals surface area contributed by atoms with E-state index in [4.69, 9.17) is 4.42 Å². The number of fused-ring (bicyclic) bond motifs is 16. The van der Waals surface area contributed by atoms with Gasteiger partial charge >= 0.3 is 11.5 Å². The number of benzene rings is 6. The van der Waals surface area contributed by atoms with Gasteiger partial charge in [0.15, 0.2) is 22.8 Å². The van der Waals surface area contributed by atoms with Crippen LogP contribution in [-0.4, -0.2) is 12.6 Å². The van der Waals surface area contributed by atoms with E-state index < -0.39 is 26.1 Å². The lowest BCUT2D eigenvalue weighted by Gasteiger charge is -2.25. The summed E-state index contributed by atoms with van der Waals surface area (Å²) in [4.78, 5) is 0. The zero-order valence-electron chi connectivity index (χ0n) is 36.8. The molecule has 0 saturated carbocycles. The number of furan rings is 1. The summed E-state index contributed by atoms with van der Waals surface area (Å²) in [6.45, 7) is 12.6. The molecular formula is C52H46FN3OSi+2. The summed E-state index contributed by atoms with van der Waals surface area (Å²) in [6, 6.07) is 42.3. The molecule has 284 valence electrons. The van der Waals surface area contributed by atoms with Gasteiger partial charge in [0, 0.05) is 29.0 Å². The van der Waals surface area contributed by atoms with Gasteiger partial charge in [-0.1, -0.05) is 130 Å². The molecule has 1 unspecified atom stereocenters. The zero-order valence-corrected chi connectivity index (χ0v) is 34.8. The van der Waals surface area contributed by atoms with Gasteiger partial charge in [0.1, 0.15) is 23.5 Å². The van der Waals surface area contributed by atoms with Crippen LogP contribution >= 0.6 is 0 Å². The summed E-state index contributed by atoms with van der Waals surface area (Å²) in [5, 5.41) is 2.99. The van der Waals surface area contributed by atoms with Gasteiger partial charge in [0.25, 0.3) is 0 Å². The Balaban J connectivity index is 1.38. The van der Waals surface area contributed by atoms with Crippen LogP contribution < -0.4 is 14.3 Å². The molecule has 6 heteroatoms. The van der Waals surface area contributed by atoms with Crippen LogP contribution in [0.4, 0.5) is 4.39 Å². The number of aryl methyl sites for hydroxylation is 2. The number of imidazole rings is 1. The molecule has 0 saturated heterocycles. The standard InChI is InChI=1S/C52H46FN3OSi/c1-31(2)39-28-44-46-40(26-22-33(4)48(46)53)52(55(44)30-45(39)58(5,6)7)41-27-25-38-37-17-13-16-36(35-23-20-32(3)21-24-35)49(37)57-50(38)47(41)51-54(29-34-14-9-8-10-15-34)42-18-11-12-19-43(42)56(51)52/h8-28,30-31H,29H2,1-7H3/q+2/i29D2,31D. The fourth-order valence-electron chi connectivity index (χ4n) is 9.81. The van der Waals surface area contributed by atoms with E-state index in [1.54, 1.807) is 0 Å². The third-order valence-electron chi connectivity index (χ3n) is 12.5. The number of aromatic nitrogens is 3. The Bertz CT molecular complexity index is 3340. The van der Waals surface area contributed by atoms with Crippen LogP contribution in [0.2, 0.25) is 19.6 Å². The van der Waals surface area contributed by atoms with E-state index in [0.29, 0.717) is 39.3 Å². The van der Waals surface area contributed by atoms with Crippen LogP contribution in [0.3, 0.4) is 0 Å². The monoisotopic (exact) mass is 778 g/mol. The average Bonchev–Trinajstić information content (AvgIpc) is 3.95. The first-order chi connectivity index (χ1) is 29.0. The number of para-hydroxylation sites is 3. The Morgan fingerprint density at radius 2 is 1.50 bits per heavy atom. The Morgan fingerprint density at radius 1 is 0.793 bits per heavy atom. The molecule has 1 spiro atoms. The van der Waals surface area contributed by atoms with Crippen molar-refractivity contribution < 1.29 is 22.1 Å². The van der Waals surface area contributed by atoms with E-state index >= 15 is 4.39 Å². The van der Waals surface area contributed by atoms with E-state index in [1.165, 1.54) is 5.56 Å². The van der Waals surface area contributed by atoms with Crippen LogP contribution in [0, 0.1) is 19.7 Å². The highest BCUT2D eigenvalue weighted by molar-refractivity contribution is 6.89. The van der Waals surface area contributed by atoms with Crippen LogP contribution in [0.25, 0.3) is 66.7 Å². The van der Waals surface area contributed by atoms with E-state index in [0.717, 1.165) is 60.4 Å². The van der Waals surface area contributed by atoms with Gasteiger partial charge in [0.05, 0.1) is 27.5 Å². The van der Waals surface area contributed by atoms with Crippen molar-refractivity contribution in [2.45, 2.75) is 65.4 Å². The molecule has 2 aliphatic heterocycles. The van der Waals surface area contributed by atoms with E-state index in [1.807, 2.05) is 79.9 Å². The maximum Gasteiger partial charge on any atom is 0.365 e. The average molecular weight is 779 g/mol. The maximum absolute atomic E-state index is 17.3. The van der Waals surface area contributed by atoms with Gasteiger partial charge in [-0.2, -0.15) is 4.57 Å². The van der Waals surface area contributed by atoms with Crippen molar-refractivity contribution in [3.8, 4) is 33.8 Å². The molecule has 0 radical (unpaired) electrons. The predicted octanol–water partition coefficient (Wildman–Crippen LogP) is 11.5. The molecule has 9 aromatic rings. The van der Waals surface area contributed by atoms with Gasteiger partial charge in [0.2, 0.25) is 5.69 Å². The van der Waals surface area contributed by atoms with Gasteiger partial charge in [-0.25, -0.2) is 8.96 Å². The summed E-state index contributed by atoms with van der Waals surface area (Å²) in [6.07, 6.45) is 2.21. The fraction of sp³-hybridized carbons (Fsp3) is 0.192. The SMILES string of the molecule is [2H]C(C)(C)c1cc2[n+](cc1[Si](C)(C)C)C1(c3ccc(C)c(F)c3-2)c2ccc3c(oc4c(-c5ccc(C)cc5)cccc43)c2-c2n1c1ccccc1[n+]2C([2H])([2H])c1ccccc1. The molecule has 0 fully saturated rings. The highest BCUT2D eigenvalue weighted by Crippen LogP contribution is 2.56. The largest absolute Gasteiger partial charge is 0.454 e. The second kappa shape index (κ2) is 12.2. The molecule has 11 rings (SSSR count). The molecular weight excluding hydrogens is 730 g/mol. The molecule has 58 heavy (non-hydrogen) atoms. The van der Waals surface area contributed by atoms with E-state index in [-0.39, 0.29) is 5.82 Å². The summed E-state index contributed by atoms with van der Waals surface area (Å²) in [5.41, 5.74) is 10.3. The topological polar surface area (TPSA) is 25.8 Å². The highest BCUT2D eigenvalue weighted by Gasteiger charge is 2.67. The lowest BCUT2D eigenvalue weighted by atomic mass is 9.88. The van der Waals surface area contributed by atoms with Gasteiger partial charge in [-0.15, -0.1) is 4.57 Å². The molecule has 3 aromatic heterocycles. The molecule has 0 N–H and O–H groups in total. The maximum atomic E-state index is 17.3. The number of hydrogen-bond donors (Lipinski definition) is 0. The van der Waals surface area contributed by atoms with E-state index in [2.05, 4.69) is 115 Å². The third-order valence-corrected chi connectivity index (χ3v) is 14.5. The Labute approximate surface area is 343 Å². The van der Waals surface area contributed by atoms with Crippen molar-refractivity contribution >= 4 is 46.2 Å². The van der Waals surface area contributed by atoms with Crippen LogP contribution in [0.1, 0.15) is 57.2 Å². The minimum absolute atomic E-state index is 0.302. The molecule has 5 heterocycles. The molecule has 1 atom stereocenters. The lowest BCUT2D eigenvalue weighted by molar-refractivity contribution is -0.734. The Kier molecular flexibility index (Phi) is 6.71. The normalized spacial score (nSPS) is 16.7. The first-order valence-electron chi connectivity index (χ1n) is 21.6. The molecule has 0 aliphatic carbocycles. The number of hydrogen-bond acceptors (Lipinski definition) is 1. The molecule has 2 aliphatic rings. The van der Waals surface area contributed by atoms with Crippen molar-refractivity contribution in [1.82, 2.24) is 4.57 Å². The highest BCUT2D eigenvalue weighted by atomic mass is 28.3. The smallest absolute Gasteiger partial charge is 0.365 e. The van der Waals surface area contributed by atoms with E-state index in [9.17, 15) is 4.11 Å². The third kappa shape index (κ3) is 4.61. The second-order valence-electron chi connectivity index (χ2n) is 17.4. The van der Waals surface area contributed by atoms with Gasteiger partial charge < -0.3 is 4.42 Å². The number of rotatable bonds is 5. The predicted molar refractivity (Wildman–Crippen MR) is 236 cm³/mol. The molecule has 6 aromatic carbocycles. The van der Waals surface area contributed by atoms with Crippen LogP contribution in [0.5, 0.6) is 0 Å². The van der Waals surface area contributed by atoms with Crippen molar-refractivity contribution in [3.05, 3.63) is 173 Å². The molecule has 4 nitrogen and oxygen atoms in total. The van der Waals surface area contributed by atoms with Gasteiger partial charge in [-0.05, 0) is 72.3 Å². The number of halogens is 1. The zero-order chi connectivity index (χ0) is 42.5. The first kappa shape index (κ1) is 31.9. The van der Waals surface area contributed by atoms with Crippen molar-refractivity contribution in [3.63, 3.8) is 0 Å². The lowest BCUT2D eigenvalue weighted by Crippen LogP contribution is -2.61. The van der Waals surface area contributed by atoms with Crippen LogP contribution in [-0.2, 0) is 12.2 Å². The summed E-state index contributed by atoms with van der Waals surface area (Å²) in [5.74, 6) is -0.632. The van der Waals surface area contributed by atoms with Crippen molar-refractivity contribution in [2.75, 3.05) is 0 Å². The fourth-order valence-corrected chi connectivity index (χ4v) is 11.5. The molecule has 0 amide bonds. The Morgan fingerprint density at radius 3 is 2.26 bits per heavy atom. The minimum atomic E-state index is -2.17. The molecule has 0 bridgehead atoms. The van der Waals surface area contributed by atoms with Gasteiger partial charge in [-0.3, -0.25) is 0 Å². The Hall–Kier alpha value is -6.11. The number of nitrogens with zero attached hydrogens (tertiary/aromatic N) is 3. The second-order valence-corrected chi connectivity index (χ2v) is 22.4. The van der Waals surface area contributed by atoms with Crippen molar-refractivity contribution in [2.24, 2.45) is 0 Å².